The summed E-state index contributed by atoms with van der Waals surface area (Å²) in [4.78, 5) is 7.69. The molecule has 1 heterocycles. The summed E-state index contributed by atoms with van der Waals surface area (Å²) in [5.41, 5.74) is 1.03. The van der Waals surface area contributed by atoms with Gasteiger partial charge >= 0.3 is 0 Å². The van der Waals surface area contributed by atoms with Crippen LogP contribution in [0.2, 0.25) is 5.15 Å². The van der Waals surface area contributed by atoms with Crippen LogP contribution in [-0.4, -0.2) is 27.5 Å². The Balaban J connectivity index is 1.79. The first kappa shape index (κ1) is 14.2. The van der Waals surface area contributed by atoms with Gasteiger partial charge in [-0.1, -0.05) is 24.9 Å². The zero-order valence-electron chi connectivity index (χ0n) is 11.2. The number of nitrogens with zero attached hydrogens (tertiary/aromatic N) is 1. The van der Waals surface area contributed by atoms with Gasteiger partial charge in [-0.3, -0.25) is 0 Å². The van der Waals surface area contributed by atoms with E-state index in [2.05, 4.69) is 28.5 Å². The molecule has 3 nitrogen and oxygen atoms in total. The van der Waals surface area contributed by atoms with Gasteiger partial charge in [0.05, 0.1) is 5.69 Å². The summed E-state index contributed by atoms with van der Waals surface area (Å²) >= 11 is 8.11. The minimum absolute atomic E-state index is 0.498. The summed E-state index contributed by atoms with van der Waals surface area (Å²) in [5.74, 6) is 1.02. The Morgan fingerprint density at radius 2 is 2.28 bits per heavy atom. The first-order valence-electron chi connectivity index (χ1n) is 6.68. The van der Waals surface area contributed by atoms with Crippen molar-refractivity contribution in [1.29, 1.82) is 0 Å². The molecule has 1 aromatic rings. The van der Waals surface area contributed by atoms with Gasteiger partial charge in [0.15, 0.2) is 5.15 Å². The Labute approximate surface area is 118 Å². The number of unbranched alkanes of at least 4 members (excludes halogenated alkanes) is 1. The lowest BCUT2D eigenvalue weighted by atomic mass is 10.2. The van der Waals surface area contributed by atoms with E-state index in [0.29, 0.717) is 9.90 Å². The first-order chi connectivity index (χ1) is 8.69. The second-order valence-corrected chi connectivity index (χ2v) is 6.68. The molecule has 1 aliphatic rings. The number of aryl methyl sites for hydroxylation is 1. The molecule has 1 aliphatic carbocycles. The summed E-state index contributed by atoms with van der Waals surface area (Å²) < 4.78 is 0.498. The van der Waals surface area contributed by atoms with E-state index in [-0.39, 0.29) is 0 Å². The van der Waals surface area contributed by atoms with Crippen molar-refractivity contribution in [3.63, 3.8) is 0 Å². The van der Waals surface area contributed by atoms with Gasteiger partial charge in [0.2, 0.25) is 0 Å². The third kappa shape index (κ3) is 3.65. The summed E-state index contributed by atoms with van der Waals surface area (Å²) in [5, 5.41) is 4.12. The summed E-state index contributed by atoms with van der Waals surface area (Å²) in [6, 6.07) is 0. The Bertz CT molecular complexity index is 388. The van der Waals surface area contributed by atoms with Crippen molar-refractivity contribution in [3.8, 4) is 0 Å². The largest absolute Gasteiger partial charge is 0.344 e. The molecule has 2 N–H and O–H groups in total. The van der Waals surface area contributed by atoms with E-state index in [4.69, 9.17) is 11.6 Å². The highest BCUT2D eigenvalue weighted by Gasteiger charge is 2.41. The number of aromatic nitrogens is 2. The standard InChI is InChI=1S/C13H22ClN3S/c1-3-4-5-11-16-10(12(14)17-11)8-15-9-13(18-2)6-7-13/h15H,3-9H2,1-2H3,(H,16,17). The normalized spacial score (nSPS) is 17.1. The smallest absolute Gasteiger partial charge is 0.151 e. The van der Waals surface area contributed by atoms with Crippen molar-refractivity contribution in [1.82, 2.24) is 15.3 Å². The highest BCUT2D eigenvalue weighted by atomic mass is 35.5. The number of H-pyrrole nitrogens is 1. The van der Waals surface area contributed by atoms with Crippen molar-refractivity contribution in [2.75, 3.05) is 12.8 Å². The lowest BCUT2D eigenvalue weighted by molar-refractivity contribution is 0.653. The van der Waals surface area contributed by atoms with Gasteiger partial charge in [-0.2, -0.15) is 11.8 Å². The van der Waals surface area contributed by atoms with Crippen LogP contribution in [-0.2, 0) is 13.0 Å². The number of hydrogen-bond donors (Lipinski definition) is 2. The maximum absolute atomic E-state index is 6.14. The van der Waals surface area contributed by atoms with Crippen LogP contribution >= 0.6 is 23.4 Å². The zero-order chi connectivity index (χ0) is 13.0. The minimum Gasteiger partial charge on any atom is -0.344 e. The van der Waals surface area contributed by atoms with Crippen molar-refractivity contribution in [3.05, 3.63) is 16.7 Å². The van der Waals surface area contributed by atoms with Crippen LogP contribution in [0.1, 0.15) is 44.1 Å². The fourth-order valence-electron chi connectivity index (χ4n) is 2.03. The van der Waals surface area contributed by atoms with Gasteiger partial charge in [0, 0.05) is 24.3 Å². The topological polar surface area (TPSA) is 40.7 Å². The van der Waals surface area contributed by atoms with E-state index < -0.39 is 0 Å². The van der Waals surface area contributed by atoms with Crippen molar-refractivity contribution < 1.29 is 0 Å². The molecule has 0 unspecified atom stereocenters. The number of thioether (sulfide) groups is 1. The molecule has 1 saturated carbocycles. The number of nitrogens with one attached hydrogen (secondary N) is 2. The third-order valence-electron chi connectivity index (χ3n) is 3.53. The third-order valence-corrected chi connectivity index (χ3v) is 5.27. The maximum atomic E-state index is 6.14. The number of hydrogen-bond acceptors (Lipinski definition) is 3. The van der Waals surface area contributed by atoms with Crippen LogP contribution < -0.4 is 5.32 Å². The predicted octanol–water partition coefficient (Wildman–Crippen LogP) is 3.39. The fraction of sp³-hybridized carbons (Fsp3) is 0.769. The molecule has 1 fully saturated rings. The Morgan fingerprint density at radius 3 is 2.89 bits per heavy atom. The monoisotopic (exact) mass is 287 g/mol. The number of imidazole rings is 1. The van der Waals surface area contributed by atoms with Gasteiger partial charge in [-0.15, -0.1) is 0 Å². The highest BCUT2D eigenvalue weighted by molar-refractivity contribution is 8.00. The molecule has 0 aliphatic heterocycles. The van der Waals surface area contributed by atoms with Crippen LogP contribution in [0.4, 0.5) is 0 Å². The quantitative estimate of drug-likeness (QED) is 0.770. The van der Waals surface area contributed by atoms with Gasteiger partial charge in [-0.05, 0) is 25.5 Å². The molecule has 2 rings (SSSR count). The van der Waals surface area contributed by atoms with E-state index in [9.17, 15) is 0 Å². The number of halogens is 1. The molecule has 1 aromatic heterocycles. The molecule has 0 atom stereocenters. The Morgan fingerprint density at radius 1 is 1.50 bits per heavy atom. The van der Waals surface area contributed by atoms with E-state index in [0.717, 1.165) is 37.4 Å². The lowest BCUT2D eigenvalue weighted by Gasteiger charge is -2.12. The van der Waals surface area contributed by atoms with Crippen molar-refractivity contribution in [2.45, 2.75) is 50.3 Å². The Kier molecular flexibility index (Phi) is 4.98. The van der Waals surface area contributed by atoms with Crippen LogP contribution in [0.15, 0.2) is 0 Å². The molecular weight excluding hydrogens is 266 g/mol. The van der Waals surface area contributed by atoms with Gasteiger partial charge in [0.1, 0.15) is 5.82 Å². The number of rotatable bonds is 8. The van der Waals surface area contributed by atoms with E-state index in [1.807, 2.05) is 11.8 Å². The molecule has 0 amide bonds. The van der Waals surface area contributed by atoms with Gasteiger partial charge in [0.25, 0.3) is 0 Å². The zero-order valence-corrected chi connectivity index (χ0v) is 12.8. The first-order valence-corrected chi connectivity index (χ1v) is 8.28. The molecule has 18 heavy (non-hydrogen) atoms. The van der Waals surface area contributed by atoms with Crippen molar-refractivity contribution in [2.24, 2.45) is 0 Å². The molecule has 102 valence electrons. The van der Waals surface area contributed by atoms with Crippen LogP contribution in [0.5, 0.6) is 0 Å². The van der Waals surface area contributed by atoms with E-state index in [1.54, 1.807) is 0 Å². The average Bonchev–Trinajstić information content (AvgIpc) is 3.06. The van der Waals surface area contributed by atoms with Crippen LogP contribution in [0, 0.1) is 0 Å². The number of aromatic amines is 1. The maximum Gasteiger partial charge on any atom is 0.151 e. The van der Waals surface area contributed by atoms with Crippen molar-refractivity contribution >= 4 is 23.4 Å². The van der Waals surface area contributed by atoms with Gasteiger partial charge in [-0.25, -0.2) is 4.98 Å². The molecule has 0 saturated heterocycles. The fourth-order valence-corrected chi connectivity index (χ4v) is 3.00. The summed E-state index contributed by atoms with van der Waals surface area (Å²) in [6.45, 7) is 4.04. The SMILES string of the molecule is CCCCc1nc(Cl)c(CNCC2(SC)CC2)[nH]1. The summed E-state index contributed by atoms with van der Waals surface area (Å²) in [7, 11) is 0. The van der Waals surface area contributed by atoms with Crippen LogP contribution in [0.3, 0.4) is 0 Å². The predicted molar refractivity (Wildman–Crippen MR) is 79.4 cm³/mol. The average molecular weight is 288 g/mol. The molecule has 0 bridgehead atoms. The van der Waals surface area contributed by atoms with Crippen LogP contribution in [0.25, 0.3) is 0 Å². The summed E-state index contributed by atoms with van der Waals surface area (Å²) in [6.07, 6.45) is 8.19. The second kappa shape index (κ2) is 6.31. The molecule has 0 spiro atoms. The minimum atomic E-state index is 0.498. The Hall–Kier alpha value is -0.190. The second-order valence-electron chi connectivity index (χ2n) is 5.05. The van der Waals surface area contributed by atoms with E-state index >= 15 is 0 Å². The molecule has 0 aromatic carbocycles. The molecule has 0 radical (unpaired) electrons. The van der Waals surface area contributed by atoms with E-state index in [1.165, 1.54) is 19.3 Å². The molecular formula is C13H22ClN3S. The van der Waals surface area contributed by atoms with Gasteiger partial charge < -0.3 is 10.3 Å². The highest BCUT2D eigenvalue weighted by Crippen LogP contribution is 2.46. The lowest BCUT2D eigenvalue weighted by Crippen LogP contribution is -2.25. The molecule has 5 heteroatoms.